The highest BCUT2D eigenvalue weighted by Crippen LogP contribution is 2.36. The Hall–Kier alpha value is -2.03. The summed E-state index contributed by atoms with van der Waals surface area (Å²) >= 11 is 0. The van der Waals surface area contributed by atoms with Gasteiger partial charge < -0.3 is 14.6 Å². The summed E-state index contributed by atoms with van der Waals surface area (Å²) in [6.45, 7) is 5.18. The second kappa shape index (κ2) is 14.9. The summed E-state index contributed by atoms with van der Waals surface area (Å²) in [5.41, 5.74) is 0.193. The second-order valence-corrected chi connectivity index (χ2v) is 9.27. The second-order valence-electron chi connectivity index (χ2n) is 9.27. The summed E-state index contributed by atoms with van der Waals surface area (Å²) in [6, 6.07) is 8.20. The van der Waals surface area contributed by atoms with Crippen LogP contribution in [0.25, 0.3) is 0 Å². The highest BCUT2D eigenvalue weighted by Gasteiger charge is 2.28. The zero-order chi connectivity index (χ0) is 23.1. The molecule has 0 aliphatic heterocycles. The third kappa shape index (κ3) is 8.84. The van der Waals surface area contributed by atoms with Gasteiger partial charge in [-0.2, -0.15) is 0 Å². The van der Waals surface area contributed by atoms with E-state index in [1.54, 1.807) is 0 Å². The van der Waals surface area contributed by atoms with Gasteiger partial charge in [-0.15, -0.1) is 0 Å². The van der Waals surface area contributed by atoms with Crippen LogP contribution < -0.4 is 9.84 Å². The first-order valence-corrected chi connectivity index (χ1v) is 12.9. The Bertz CT molecular complexity index is 688. The highest BCUT2D eigenvalue weighted by molar-refractivity contribution is 5.78. The molecule has 0 atom stereocenters. The maximum atomic E-state index is 11.8. The first kappa shape index (κ1) is 26.2. The van der Waals surface area contributed by atoms with Gasteiger partial charge in [0.05, 0.1) is 12.6 Å². The predicted molar refractivity (Wildman–Crippen MR) is 132 cm³/mol. The van der Waals surface area contributed by atoms with Crippen molar-refractivity contribution in [3.05, 3.63) is 54.1 Å². The number of unbranched alkanes of at least 4 members (excludes halogenated alkanes) is 10. The molecule has 1 aliphatic rings. The third-order valence-electron chi connectivity index (χ3n) is 6.56. The molecule has 0 N–H and O–H groups in total. The van der Waals surface area contributed by atoms with Crippen LogP contribution in [0.4, 0.5) is 0 Å². The van der Waals surface area contributed by atoms with Crippen molar-refractivity contribution >= 4 is 5.97 Å². The molecule has 0 spiro atoms. The molecule has 0 unspecified atom stereocenters. The van der Waals surface area contributed by atoms with Crippen molar-refractivity contribution in [1.82, 2.24) is 0 Å². The summed E-state index contributed by atoms with van der Waals surface area (Å²) in [6.07, 6.45) is 23.0. The normalized spacial score (nSPS) is 19.9. The Morgan fingerprint density at radius 2 is 1.34 bits per heavy atom. The van der Waals surface area contributed by atoms with Gasteiger partial charge in [0.15, 0.2) is 0 Å². The fraction of sp³-hybridized carbons (Fsp3) is 0.621. The van der Waals surface area contributed by atoms with E-state index in [1.807, 2.05) is 36.4 Å². The van der Waals surface area contributed by atoms with E-state index < -0.39 is 11.4 Å². The summed E-state index contributed by atoms with van der Waals surface area (Å²) in [7, 11) is 0. The van der Waals surface area contributed by atoms with Crippen molar-refractivity contribution in [1.29, 1.82) is 0 Å². The lowest BCUT2D eigenvalue weighted by Crippen LogP contribution is -2.40. The molecule has 0 saturated carbocycles. The van der Waals surface area contributed by atoms with Gasteiger partial charge in [-0.05, 0) is 30.5 Å². The van der Waals surface area contributed by atoms with E-state index >= 15 is 0 Å². The number of carboxylic acid groups (broad SMARTS) is 1. The number of carboxylic acids is 1. The maximum Gasteiger partial charge on any atom is 0.119 e. The zero-order valence-electron chi connectivity index (χ0n) is 20.3. The molecule has 2 rings (SSSR count). The van der Waals surface area contributed by atoms with E-state index in [2.05, 4.69) is 26.0 Å². The Kier molecular flexibility index (Phi) is 12.2. The Morgan fingerprint density at radius 1 is 0.812 bits per heavy atom. The molecule has 0 amide bonds. The first-order chi connectivity index (χ1) is 15.6. The topological polar surface area (TPSA) is 49.4 Å². The Balaban J connectivity index is 1.74. The Labute approximate surface area is 196 Å². The number of hydrogen-bond donors (Lipinski definition) is 0. The lowest BCUT2D eigenvalue weighted by atomic mass is 9.76. The van der Waals surface area contributed by atoms with Gasteiger partial charge in [0.25, 0.3) is 0 Å². The molecule has 1 aromatic rings. The number of aliphatic carboxylic acids is 1. The van der Waals surface area contributed by atoms with Gasteiger partial charge in [-0.25, -0.2) is 0 Å². The minimum absolute atomic E-state index is 0.0971. The van der Waals surface area contributed by atoms with Crippen LogP contribution in [0.3, 0.4) is 0 Å². The maximum absolute atomic E-state index is 11.8. The van der Waals surface area contributed by atoms with Crippen LogP contribution in [0.1, 0.15) is 109 Å². The molecule has 1 aromatic carbocycles. The van der Waals surface area contributed by atoms with E-state index in [4.69, 9.17) is 4.74 Å². The van der Waals surface area contributed by atoms with Crippen molar-refractivity contribution in [2.45, 2.75) is 103 Å². The number of carbonyl (C=O) groups is 1. The molecule has 0 aromatic heterocycles. The van der Waals surface area contributed by atoms with Gasteiger partial charge in [0.1, 0.15) is 5.75 Å². The zero-order valence-corrected chi connectivity index (χ0v) is 20.3. The largest absolute Gasteiger partial charge is 0.549 e. The summed E-state index contributed by atoms with van der Waals surface area (Å²) in [5, 5.41) is 11.8. The van der Waals surface area contributed by atoms with Crippen LogP contribution in [0, 0.1) is 5.41 Å². The fourth-order valence-corrected chi connectivity index (χ4v) is 4.35. The lowest BCUT2D eigenvalue weighted by molar-refractivity contribution is -0.314. The standard InChI is InChI=1S/C29H44O3/c1-3-5-7-9-10-11-12-14-24-32-27-17-15-25(16-18-27)26-19-22-29(23-20-26,28(30)31)21-13-8-6-4-2/h15-20,22-23,26H,3-14,21,24H2,1-2H3,(H,30,31)/p-1. The van der Waals surface area contributed by atoms with Crippen LogP contribution in [0.5, 0.6) is 5.75 Å². The third-order valence-corrected chi connectivity index (χ3v) is 6.56. The summed E-state index contributed by atoms with van der Waals surface area (Å²) in [4.78, 5) is 11.8. The van der Waals surface area contributed by atoms with Gasteiger partial charge in [0.2, 0.25) is 0 Å². The van der Waals surface area contributed by atoms with Crippen LogP contribution in [-0.2, 0) is 4.79 Å². The predicted octanol–water partition coefficient (Wildman–Crippen LogP) is 7.12. The van der Waals surface area contributed by atoms with Gasteiger partial charge in [0, 0.05) is 11.3 Å². The van der Waals surface area contributed by atoms with Crippen molar-refractivity contribution < 1.29 is 14.6 Å². The van der Waals surface area contributed by atoms with Gasteiger partial charge in [-0.3, -0.25) is 0 Å². The van der Waals surface area contributed by atoms with Gasteiger partial charge in [-0.1, -0.05) is 121 Å². The first-order valence-electron chi connectivity index (χ1n) is 12.9. The van der Waals surface area contributed by atoms with Crippen molar-refractivity contribution in [3.63, 3.8) is 0 Å². The molecule has 1 aliphatic carbocycles. The minimum Gasteiger partial charge on any atom is -0.549 e. The Morgan fingerprint density at radius 3 is 1.91 bits per heavy atom. The molecule has 0 heterocycles. The highest BCUT2D eigenvalue weighted by atomic mass is 16.5. The summed E-state index contributed by atoms with van der Waals surface area (Å²) < 4.78 is 5.90. The molecule has 0 fully saturated rings. The number of benzene rings is 1. The van der Waals surface area contributed by atoms with Crippen molar-refractivity contribution in [2.75, 3.05) is 6.61 Å². The molecule has 0 bridgehead atoms. The average molecular weight is 440 g/mol. The lowest BCUT2D eigenvalue weighted by Gasteiger charge is -2.32. The van der Waals surface area contributed by atoms with E-state index in [0.29, 0.717) is 6.42 Å². The molecule has 3 nitrogen and oxygen atoms in total. The van der Waals surface area contributed by atoms with Gasteiger partial charge >= 0.3 is 0 Å². The molecule has 178 valence electrons. The van der Waals surface area contributed by atoms with E-state index in [-0.39, 0.29) is 5.92 Å². The van der Waals surface area contributed by atoms with Crippen LogP contribution in [0.2, 0.25) is 0 Å². The quantitative estimate of drug-likeness (QED) is 0.192. The molecule has 3 heteroatoms. The van der Waals surface area contributed by atoms with E-state index in [0.717, 1.165) is 50.0 Å². The van der Waals surface area contributed by atoms with E-state index in [9.17, 15) is 9.90 Å². The molecular formula is C29H43O3-. The smallest absolute Gasteiger partial charge is 0.119 e. The minimum atomic E-state index is -0.996. The van der Waals surface area contributed by atoms with Crippen LogP contribution >= 0.6 is 0 Å². The van der Waals surface area contributed by atoms with Crippen LogP contribution in [-0.4, -0.2) is 12.6 Å². The number of allylic oxidation sites excluding steroid dienone is 2. The summed E-state index contributed by atoms with van der Waals surface area (Å²) in [5.74, 6) is 0.00463. The number of carbonyl (C=O) groups excluding carboxylic acids is 1. The molecule has 32 heavy (non-hydrogen) atoms. The molecular weight excluding hydrogens is 396 g/mol. The van der Waals surface area contributed by atoms with Crippen molar-refractivity contribution in [2.24, 2.45) is 5.41 Å². The SMILES string of the molecule is CCCCCCCCCCOc1ccc(C2C=CC(CCCCCC)(C(=O)[O-])C=C2)cc1. The number of ether oxygens (including phenoxy) is 1. The average Bonchev–Trinajstić information content (AvgIpc) is 2.81. The molecule has 0 radical (unpaired) electrons. The van der Waals surface area contributed by atoms with Crippen LogP contribution in [0.15, 0.2) is 48.6 Å². The van der Waals surface area contributed by atoms with Crippen molar-refractivity contribution in [3.8, 4) is 5.75 Å². The fourth-order valence-electron chi connectivity index (χ4n) is 4.35. The van der Waals surface area contributed by atoms with E-state index in [1.165, 1.54) is 44.9 Å². The molecule has 0 saturated heterocycles. The number of hydrogen-bond acceptors (Lipinski definition) is 3. The number of rotatable bonds is 17. The monoisotopic (exact) mass is 439 g/mol.